The Hall–Kier alpha value is -3.12. The lowest BCUT2D eigenvalue weighted by atomic mass is 9.95. The molecule has 4 rings (SSSR count). The number of aliphatic hydroxyl groups is 1. The maximum atomic E-state index is 13.4. The van der Waals surface area contributed by atoms with Crippen LogP contribution < -0.4 is 0 Å². The number of ketones is 1. The van der Waals surface area contributed by atoms with Crippen molar-refractivity contribution in [3.63, 3.8) is 0 Å². The molecule has 0 saturated heterocycles. The first-order valence-electron chi connectivity index (χ1n) is 9.89. The first-order chi connectivity index (χ1) is 14.5. The highest BCUT2D eigenvalue weighted by Crippen LogP contribution is 2.39. The van der Waals surface area contributed by atoms with Crippen LogP contribution >= 0.6 is 11.6 Å². The van der Waals surface area contributed by atoms with Gasteiger partial charge in [0, 0.05) is 29.3 Å². The number of carbonyl (C=O) groups is 2. The Morgan fingerprint density at radius 3 is 2.70 bits per heavy atom. The van der Waals surface area contributed by atoms with Gasteiger partial charge in [0.1, 0.15) is 5.58 Å². The number of amides is 1. The fourth-order valence-electron chi connectivity index (χ4n) is 3.80. The average molecular weight is 425 g/mol. The van der Waals surface area contributed by atoms with E-state index in [0.717, 1.165) is 19.3 Å². The summed E-state index contributed by atoms with van der Waals surface area (Å²) in [6, 6.07) is 9.43. The Bertz CT molecular complexity index is 1140. The van der Waals surface area contributed by atoms with Crippen molar-refractivity contribution in [3.05, 3.63) is 76.5 Å². The lowest BCUT2D eigenvalue weighted by Gasteiger charge is -2.26. The molecule has 7 heteroatoms. The quantitative estimate of drug-likeness (QED) is 0.413. The van der Waals surface area contributed by atoms with E-state index in [9.17, 15) is 14.7 Å². The number of rotatable bonds is 7. The monoisotopic (exact) mass is 424 g/mol. The highest BCUT2D eigenvalue weighted by Gasteiger charge is 2.44. The Kier molecular flexibility index (Phi) is 5.59. The Balaban J connectivity index is 1.76. The predicted molar refractivity (Wildman–Crippen MR) is 113 cm³/mol. The number of pyridine rings is 1. The molecular weight excluding hydrogens is 404 g/mol. The molecule has 0 radical (unpaired) electrons. The molecule has 1 aliphatic rings. The van der Waals surface area contributed by atoms with Gasteiger partial charge in [0.2, 0.25) is 5.78 Å². The maximum Gasteiger partial charge on any atom is 0.290 e. The van der Waals surface area contributed by atoms with Crippen LogP contribution in [0.1, 0.15) is 48.3 Å². The van der Waals surface area contributed by atoms with Crippen LogP contribution in [-0.4, -0.2) is 33.2 Å². The van der Waals surface area contributed by atoms with Crippen molar-refractivity contribution in [2.24, 2.45) is 0 Å². The van der Waals surface area contributed by atoms with E-state index in [1.807, 2.05) is 0 Å². The molecule has 6 nitrogen and oxygen atoms in total. The number of hydrogen-bond acceptors (Lipinski definition) is 5. The SMILES string of the molecule is CCCCCN1C(=O)C(O)=C(C(=O)c2cc3cc(Cl)ccc3o2)C1c1ccncc1. The molecule has 0 fully saturated rings. The zero-order valence-corrected chi connectivity index (χ0v) is 17.2. The van der Waals surface area contributed by atoms with Gasteiger partial charge >= 0.3 is 0 Å². The van der Waals surface area contributed by atoms with Gasteiger partial charge in [-0.15, -0.1) is 0 Å². The van der Waals surface area contributed by atoms with E-state index in [1.165, 1.54) is 0 Å². The summed E-state index contributed by atoms with van der Waals surface area (Å²) in [5.74, 6) is -1.55. The molecule has 1 amide bonds. The molecule has 1 aromatic carbocycles. The molecule has 2 aromatic heterocycles. The second-order valence-corrected chi connectivity index (χ2v) is 7.71. The fraction of sp³-hybridized carbons (Fsp3) is 0.261. The molecule has 0 aliphatic carbocycles. The van der Waals surface area contributed by atoms with Crippen molar-refractivity contribution >= 4 is 34.3 Å². The highest BCUT2D eigenvalue weighted by atomic mass is 35.5. The zero-order chi connectivity index (χ0) is 21.3. The molecule has 0 bridgehead atoms. The van der Waals surface area contributed by atoms with Crippen molar-refractivity contribution in [2.45, 2.75) is 32.2 Å². The van der Waals surface area contributed by atoms with Gasteiger partial charge in [-0.25, -0.2) is 0 Å². The molecule has 30 heavy (non-hydrogen) atoms. The summed E-state index contributed by atoms with van der Waals surface area (Å²) in [6.45, 7) is 2.51. The third kappa shape index (κ3) is 3.59. The average Bonchev–Trinajstić information content (AvgIpc) is 3.28. The van der Waals surface area contributed by atoms with Crippen LogP contribution in [0.5, 0.6) is 0 Å². The van der Waals surface area contributed by atoms with Crippen LogP contribution in [0.15, 0.2) is 64.5 Å². The Morgan fingerprint density at radius 1 is 1.20 bits per heavy atom. The van der Waals surface area contributed by atoms with Gasteiger partial charge in [-0.1, -0.05) is 31.4 Å². The molecule has 1 N–H and O–H groups in total. The topological polar surface area (TPSA) is 83.6 Å². The summed E-state index contributed by atoms with van der Waals surface area (Å²) in [5.41, 5.74) is 1.24. The van der Waals surface area contributed by atoms with Crippen LogP contribution in [0.4, 0.5) is 0 Å². The van der Waals surface area contributed by atoms with Crippen LogP contribution in [0.25, 0.3) is 11.0 Å². The molecular formula is C23H21ClN2O4. The Morgan fingerprint density at radius 2 is 1.97 bits per heavy atom. The van der Waals surface area contributed by atoms with E-state index < -0.39 is 23.5 Å². The smallest absolute Gasteiger partial charge is 0.290 e. The van der Waals surface area contributed by atoms with Crippen molar-refractivity contribution in [3.8, 4) is 0 Å². The number of benzene rings is 1. The third-order valence-corrected chi connectivity index (χ3v) is 5.51. The number of aromatic nitrogens is 1. The maximum absolute atomic E-state index is 13.4. The number of carbonyl (C=O) groups excluding carboxylic acids is 2. The molecule has 154 valence electrons. The van der Waals surface area contributed by atoms with Gasteiger partial charge in [0.15, 0.2) is 11.5 Å². The fourth-order valence-corrected chi connectivity index (χ4v) is 3.98. The number of halogens is 1. The molecule has 0 spiro atoms. The number of nitrogens with zero attached hydrogens (tertiary/aromatic N) is 2. The second-order valence-electron chi connectivity index (χ2n) is 7.27. The van der Waals surface area contributed by atoms with Crippen LogP contribution in [-0.2, 0) is 4.79 Å². The van der Waals surface area contributed by atoms with E-state index in [0.29, 0.717) is 28.1 Å². The minimum atomic E-state index is -0.693. The van der Waals surface area contributed by atoms with Crippen LogP contribution in [0.3, 0.4) is 0 Å². The van der Waals surface area contributed by atoms with Gasteiger partial charge in [-0.2, -0.15) is 0 Å². The zero-order valence-electron chi connectivity index (χ0n) is 16.5. The van der Waals surface area contributed by atoms with Gasteiger partial charge in [-0.05, 0) is 48.4 Å². The summed E-state index contributed by atoms with van der Waals surface area (Å²) >= 11 is 6.03. The summed E-state index contributed by atoms with van der Waals surface area (Å²) in [5, 5.41) is 11.9. The van der Waals surface area contributed by atoms with Crippen molar-refractivity contribution in [2.75, 3.05) is 6.54 Å². The summed E-state index contributed by atoms with van der Waals surface area (Å²) in [7, 11) is 0. The van der Waals surface area contributed by atoms with Gasteiger partial charge < -0.3 is 14.4 Å². The van der Waals surface area contributed by atoms with E-state index in [1.54, 1.807) is 53.7 Å². The van der Waals surface area contributed by atoms with Crippen molar-refractivity contribution in [1.29, 1.82) is 0 Å². The van der Waals surface area contributed by atoms with Gasteiger partial charge in [0.25, 0.3) is 5.91 Å². The third-order valence-electron chi connectivity index (χ3n) is 5.27. The number of hydrogen-bond donors (Lipinski definition) is 1. The first-order valence-corrected chi connectivity index (χ1v) is 10.3. The minimum absolute atomic E-state index is 0.0212. The molecule has 1 atom stereocenters. The molecule has 3 heterocycles. The number of Topliss-reactive ketones (excluding diaryl/α,β-unsaturated/α-hetero) is 1. The molecule has 3 aromatic rings. The van der Waals surface area contributed by atoms with E-state index in [2.05, 4.69) is 11.9 Å². The van der Waals surface area contributed by atoms with Gasteiger partial charge in [0.05, 0.1) is 11.6 Å². The van der Waals surface area contributed by atoms with E-state index in [-0.39, 0.29) is 11.3 Å². The lowest BCUT2D eigenvalue weighted by Crippen LogP contribution is -2.32. The van der Waals surface area contributed by atoms with Crippen molar-refractivity contribution < 1.29 is 19.1 Å². The predicted octanol–water partition coefficient (Wildman–Crippen LogP) is 5.25. The Labute approximate surface area is 178 Å². The summed E-state index contributed by atoms with van der Waals surface area (Å²) in [6.07, 6.45) is 5.92. The first kappa shape index (κ1) is 20.2. The van der Waals surface area contributed by atoms with Crippen LogP contribution in [0, 0.1) is 0 Å². The summed E-state index contributed by atoms with van der Waals surface area (Å²) < 4.78 is 5.70. The number of unbranched alkanes of at least 4 members (excludes halogenated alkanes) is 2. The minimum Gasteiger partial charge on any atom is -0.503 e. The van der Waals surface area contributed by atoms with E-state index in [4.69, 9.17) is 16.0 Å². The standard InChI is InChI=1S/C23H21ClN2O4/c1-2-3-4-11-26-20(14-7-9-25-10-8-14)19(22(28)23(26)29)21(27)18-13-15-12-16(24)5-6-17(15)30-18/h5-10,12-13,20,28H,2-4,11H2,1H3. The van der Waals surface area contributed by atoms with Gasteiger partial charge in [-0.3, -0.25) is 14.6 Å². The largest absolute Gasteiger partial charge is 0.503 e. The molecule has 0 saturated carbocycles. The second kappa shape index (κ2) is 8.32. The number of aliphatic hydroxyl groups excluding tert-OH is 1. The molecule has 1 aliphatic heterocycles. The lowest BCUT2D eigenvalue weighted by molar-refractivity contribution is -0.129. The number of fused-ring (bicyclic) bond motifs is 1. The highest BCUT2D eigenvalue weighted by molar-refractivity contribution is 6.31. The van der Waals surface area contributed by atoms with E-state index >= 15 is 0 Å². The van der Waals surface area contributed by atoms with Crippen molar-refractivity contribution in [1.82, 2.24) is 9.88 Å². The number of furan rings is 1. The normalized spacial score (nSPS) is 16.7. The molecule has 1 unspecified atom stereocenters. The summed E-state index contributed by atoms with van der Waals surface area (Å²) in [4.78, 5) is 31.8. The van der Waals surface area contributed by atoms with Crippen LogP contribution in [0.2, 0.25) is 5.02 Å².